The predicted molar refractivity (Wildman–Crippen MR) is 70.8 cm³/mol. The first-order valence-electron chi connectivity index (χ1n) is 5.69. The quantitative estimate of drug-likeness (QED) is 0.807. The van der Waals surface area contributed by atoms with Crippen molar-refractivity contribution >= 4 is 17.2 Å². The number of ether oxygens (including phenoxy) is 1. The van der Waals surface area contributed by atoms with Crippen LogP contribution in [0.15, 0.2) is 18.3 Å². The van der Waals surface area contributed by atoms with E-state index in [1.807, 2.05) is 12.1 Å². The fourth-order valence-electron chi connectivity index (χ4n) is 1.99. The van der Waals surface area contributed by atoms with Crippen molar-refractivity contribution in [2.45, 2.75) is 19.0 Å². The zero-order chi connectivity index (χ0) is 12.3. The lowest BCUT2D eigenvalue weighted by atomic mass is 10.1. The molecule has 4 nitrogen and oxygen atoms in total. The van der Waals surface area contributed by atoms with E-state index < -0.39 is 0 Å². The highest BCUT2D eigenvalue weighted by Crippen LogP contribution is 2.14. The Hall–Kier alpha value is -1.04. The van der Waals surface area contributed by atoms with E-state index in [0.29, 0.717) is 16.7 Å². The summed E-state index contributed by atoms with van der Waals surface area (Å²) in [5, 5.41) is 0. The highest BCUT2D eigenvalue weighted by atomic mass is 32.1. The van der Waals surface area contributed by atoms with Gasteiger partial charge in [-0.15, -0.1) is 0 Å². The van der Waals surface area contributed by atoms with Crippen LogP contribution in [0.2, 0.25) is 0 Å². The first-order chi connectivity index (χ1) is 8.16. The number of aromatic nitrogens is 1. The third kappa shape index (κ3) is 3.21. The van der Waals surface area contributed by atoms with Crippen molar-refractivity contribution in [3.05, 3.63) is 29.6 Å². The Morgan fingerprint density at radius 3 is 3.18 bits per heavy atom. The Morgan fingerprint density at radius 1 is 1.71 bits per heavy atom. The third-order valence-corrected chi connectivity index (χ3v) is 3.25. The van der Waals surface area contributed by atoms with Gasteiger partial charge in [-0.3, -0.25) is 9.88 Å². The monoisotopic (exact) mass is 251 g/mol. The molecule has 92 valence electrons. The molecule has 1 atom stereocenters. The van der Waals surface area contributed by atoms with E-state index in [-0.39, 0.29) is 0 Å². The first kappa shape index (κ1) is 12.4. The predicted octanol–water partition coefficient (Wildman–Crippen LogP) is 0.937. The van der Waals surface area contributed by atoms with Crippen molar-refractivity contribution in [3.8, 4) is 0 Å². The summed E-state index contributed by atoms with van der Waals surface area (Å²) in [6.45, 7) is 2.55. The van der Waals surface area contributed by atoms with Crippen molar-refractivity contribution in [1.29, 1.82) is 0 Å². The van der Waals surface area contributed by atoms with Crippen LogP contribution in [-0.4, -0.2) is 41.2 Å². The molecule has 1 aromatic heterocycles. The Kier molecular flexibility index (Phi) is 4.04. The third-order valence-electron chi connectivity index (χ3n) is 3.04. The molecule has 0 radical (unpaired) electrons. The van der Waals surface area contributed by atoms with E-state index in [1.54, 1.807) is 6.20 Å². The zero-order valence-electron chi connectivity index (χ0n) is 9.93. The maximum absolute atomic E-state index is 5.57. The maximum Gasteiger partial charge on any atom is 0.122 e. The number of rotatable bonds is 4. The molecule has 1 unspecified atom stereocenters. The number of likely N-dealkylation sites (N-methyl/N-ethyl adjacent to an activating group) is 1. The SMILES string of the molecule is CN(Cc1ccnc(C(N)=S)c1)C1CCOC1. The van der Waals surface area contributed by atoms with E-state index in [9.17, 15) is 0 Å². The molecule has 1 aromatic rings. The number of pyridine rings is 1. The number of thiocarbonyl (C=S) groups is 1. The van der Waals surface area contributed by atoms with E-state index in [2.05, 4.69) is 16.9 Å². The minimum atomic E-state index is 0.346. The summed E-state index contributed by atoms with van der Waals surface area (Å²) < 4.78 is 5.38. The van der Waals surface area contributed by atoms with Crippen molar-refractivity contribution in [2.24, 2.45) is 5.73 Å². The van der Waals surface area contributed by atoms with Gasteiger partial charge in [0.25, 0.3) is 0 Å². The number of nitrogens with zero attached hydrogens (tertiary/aromatic N) is 2. The molecule has 0 spiro atoms. The minimum Gasteiger partial charge on any atom is -0.388 e. The summed E-state index contributed by atoms with van der Waals surface area (Å²) in [7, 11) is 2.11. The molecule has 1 aliphatic rings. The van der Waals surface area contributed by atoms with Crippen molar-refractivity contribution < 1.29 is 4.74 Å². The van der Waals surface area contributed by atoms with Crippen LogP contribution in [0.4, 0.5) is 0 Å². The van der Waals surface area contributed by atoms with E-state index in [1.165, 1.54) is 5.56 Å². The molecule has 17 heavy (non-hydrogen) atoms. The fraction of sp³-hybridized carbons (Fsp3) is 0.500. The second-order valence-electron chi connectivity index (χ2n) is 4.35. The molecule has 1 fully saturated rings. The molecule has 0 bridgehead atoms. The normalized spacial score (nSPS) is 19.8. The lowest BCUT2D eigenvalue weighted by molar-refractivity contribution is 0.156. The second kappa shape index (κ2) is 5.53. The van der Waals surface area contributed by atoms with Gasteiger partial charge in [0.1, 0.15) is 4.99 Å². The summed E-state index contributed by atoms with van der Waals surface area (Å²) >= 11 is 4.92. The van der Waals surface area contributed by atoms with Crippen LogP contribution in [0.25, 0.3) is 0 Å². The molecular weight excluding hydrogens is 234 g/mol. The van der Waals surface area contributed by atoms with E-state index in [4.69, 9.17) is 22.7 Å². The van der Waals surface area contributed by atoms with Gasteiger partial charge in [-0.05, 0) is 31.2 Å². The smallest absolute Gasteiger partial charge is 0.122 e. The Balaban J connectivity index is 2.02. The second-order valence-corrected chi connectivity index (χ2v) is 4.79. The molecule has 0 amide bonds. The summed E-state index contributed by atoms with van der Waals surface area (Å²) in [6, 6.07) is 4.46. The van der Waals surface area contributed by atoms with Gasteiger partial charge in [0, 0.05) is 25.4 Å². The standard InChI is InChI=1S/C12H17N3OS/c1-15(10-3-5-16-8-10)7-9-2-4-14-11(6-9)12(13)17/h2,4,6,10H,3,5,7-8H2,1H3,(H2,13,17). The Bertz CT molecular complexity index is 404. The number of hydrogen-bond acceptors (Lipinski definition) is 4. The van der Waals surface area contributed by atoms with Crippen molar-refractivity contribution in [1.82, 2.24) is 9.88 Å². The molecule has 5 heteroatoms. The highest BCUT2D eigenvalue weighted by Gasteiger charge is 2.20. The maximum atomic E-state index is 5.57. The van der Waals surface area contributed by atoms with Crippen LogP contribution < -0.4 is 5.73 Å². The van der Waals surface area contributed by atoms with Crippen LogP contribution >= 0.6 is 12.2 Å². The summed E-state index contributed by atoms with van der Waals surface area (Å²) in [6.07, 6.45) is 2.85. The van der Waals surface area contributed by atoms with Gasteiger partial charge < -0.3 is 10.5 Å². The molecule has 2 N–H and O–H groups in total. The van der Waals surface area contributed by atoms with E-state index >= 15 is 0 Å². The van der Waals surface area contributed by atoms with Crippen molar-refractivity contribution in [2.75, 3.05) is 20.3 Å². The first-order valence-corrected chi connectivity index (χ1v) is 6.10. The fourth-order valence-corrected chi connectivity index (χ4v) is 2.11. The minimum absolute atomic E-state index is 0.346. The van der Waals surface area contributed by atoms with Crippen LogP contribution in [0, 0.1) is 0 Å². The Labute approximate surface area is 107 Å². The van der Waals surface area contributed by atoms with Gasteiger partial charge in [0.2, 0.25) is 0 Å². The molecule has 0 aliphatic carbocycles. The van der Waals surface area contributed by atoms with Crippen LogP contribution in [0.1, 0.15) is 17.7 Å². The Morgan fingerprint density at radius 2 is 2.53 bits per heavy atom. The van der Waals surface area contributed by atoms with Gasteiger partial charge in [0.15, 0.2) is 0 Å². The van der Waals surface area contributed by atoms with Crippen molar-refractivity contribution in [3.63, 3.8) is 0 Å². The summed E-state index contributed by atoms with van der Waals surface area (Å²) in [5.41, 5.74) is 7.44. The number of nitrogens with two attached hydrogens (primary N) is 1. The molecule has 1 aliphatic heterocycles. The zero-order valence-corrected chi connectivity index (χ0v) is 10.7. The molecule has 0 aromatic carbocycles. The molecule has 1 saturated heterocycles. The molecular formula is C12H17N3OS. The van der Waals surface area contributed by atoms with Gasteiger partial charge in [-0.25, -0.2) is 0 Å². The van der Waals surface area contributed by atoms with Crippen LogP contribution in [0.3, 0.4) is 0 Å². The van der Waals surface area contributed by atoms with E-state index in [0.717, 1.165) is 26.2 Å². The van der Waals surface area contributed by atoms with Crippen LogP contribution in [0.5, 0.6) is 0 Å². The lowest BCUT2D eigenvalue weighted by Gasteiger charge is -2.22. The van der Waals surface area contributed by atoms with Gasteiger partial charge in [0.05, 0.1) is 12.3 Å². The lowest BCUT2D eigenvalue weighted by Crippen LogP contribution is -2.31. The topological polar surface area (TPSA) is 51.4 Å². The summed E-state index contributed by atoms with van der Waals surface area (Å²) in [5.74, 6) is 0. The van der Waals surface area contributed by atoms with Gasteiger partial charge in [-0.2, -0.15) is 0 Å². The van der Waals surface area contributed by atoms with Crippen LogP contribution in [-0.2, 0) is 11.3 Å². The molecule has 2 heterocycles. The summed E-state index contributed by atoms with van der Waals surface area (Å²) in [4.78, 5) is 6.78. The highest BCUT2D eigenvalue weighted by molar-refractivity contribution is 7.80. The molecule has 0 saturated carbocycles. The number of hydrogen-bond donors (Lipinski definition) is 1. The van der Waals surface area contributed by atoms with Gasteiger partial charge in [-0.1, -0.05) is 12.2 Å². The molecule has 2 rings (SSSR count). The average Bonchev–Trinajstić information content (AvgIpc) is 2.82. The average molecular weight is 251 g/mol. The van der Waals surface area contributed by atoms with Gasteiger partial charge >= 0.3 is 0 Å². The largest absolute Gasteiger partial charge is 0.388 e.